The lowest BCUT2D eigenvalue weighted by Crippen LogP contribution is -2.52. The number of hydrogen-bond donors (Lipinski definition) is 2. The summed E-state index contributed by atoms with van der Waals surface area (Å²) in [5.74, 6) is 0.892. The van der Waals surface area contributed by atoms with Crippen LogP contribution >= 0.6 is 11.8 Å². The first-order chi connectivity index (χ1) is 9.94. The van der Waals surface area contributed by atoms with Gasteiger partial charge in [-0.15, -0.1) is 11.8 Å². The highest BCUT2D eigenvalue weighted by Gasteiger charge is 2.52. The number of carbonyl (C=O) groups is 2. The molecule has 2 amide bonds. The van der Waals surface area contributed by atoms with Crippen molar-refractivity contribution in [3.63, 3.8) is 0 Å². The summed E-state index contributed by atoms with van der Waals surface area (Å²) in [6.07, 6.45) is 3.63. The minimum absolute atomic E-state index is 0.0289. The third-order valence-corrected chi connectivity index (χ3v) is 6.75. The van der Waals surface area contributed by atoms with Gasteiger partial charge < -0.3 is 15.5 Å². The van der Waals surface area contributed by atoms with Gasteiger partial charge in [0.2, 0.25) is 11.8 Å². The predicted octanol–water partition coefficient (Wildman–Crippen LogP) is 0.946. The van der Waals surface area contributed by atoms with Gasteiger partial charge in [0.1, 0.15) is 6.04 Å². The first-order valence-corrected chi connectivity index (χ1v) is 8.87. The Morgan fingerprint density at radius 2 is 2.10 bits per heavy atom. The van der Waals surface area contributed by atoms with Gasteiger partial charge in [-0.2, -0.15) is 0 Å². The highest BCUT2D eigenvalue weighted by molar-refractivity contribution is 8.01. The van der Waals surface area contributed by atoms with Gasteiger partial charge in [-0.1, -0.05) is 6.92 Å². The smallest absolute Gasteiger partial charge is 0.243 e. The number of amides is 2. The molecule has 0 bridgehead atoms. The fourth-order valence-corrected chi connectivity index (χ4v) is 5.07. The summed E-state index contributed by atoms with van der Waals surface area (Å²) in [4.78, 5) is 26.3. The lowest BCUT2D eigenvalue weighted by molar-refractivity contribution is -0.138. The van der Waals surface area contributed by atoms with Crippen molar-refractivity contribution in [2.75, 3.05) is 25.4 Å². The van der Waals surface area contributed by atoms with Crippen LogP contribution in [0, 0.1) is 5.41 Å². The summed E-state index contributed by atoms with van der Waals surface area (Å²) in [6, 6.07) is -0.277. The average molecular weight is 311 g/mol. The molecular weight excluding hydrogens is 286 g/mol. The first kappa shape index (κ1) is 15.2. The fourth-order valence-electron chi connectivity index (χ4n) is 3.64. The van der Waals surface area contributed by atoms with E-state index in [1.165, 1.54) is 0 Å². The van der Waals surface area contributed by atoms with E-state index in [9.17, 15) is 9.59 Å². The average Bonchev–Trinajstić information content (AvgIpc) is 2.95. The van der Waals surface area contributed by atoms with Crippen molar-refractivity contribution >= 4 is 23.6 Å². The fraction of sp³-hybridized carbons (Fsp3) is 0.867. The van der Waals surface area contributed by atoms with Gasteiger partial charge >= 0.3 is 0 Å². The number of hydrogen-bond acceptors (Lipinski definition) is 4. The topological polar surface area (TPSA) is 61.4 Å². The molecule has 0 aromatic rings. The van der Waals surface area contributed by atoms with E-state index in [2.05, 4.69) is 24.5 Å². The molecule has 3 saturated heterocycles. The molecule has 21 heavy (non-hydrogen) atoms. The van der Waals surface area contributed by atoms with Crippen molar-refractivity contribution in [1.82, 2.24) is 15.5 Å². The van der Waals surface area contributed by atoms with Crippen molar-refractivity contribution < 1.29 is 9.59 Å². The van der Waals surface area contributed by atoms with Gasteiger partial charge in [-0.3, -0.25) is 9.59 Å². The Kier molecular flexibility index (Phi) is 3.94. The number of rotatable bonds is 3. The standard InChI is InChI=1S/C15H25N3O2S/c1-14(5-7-16-8-6-14)10-17-13(20)11-9-21-15(2)4-3-12(19)18(11)15/h11,16H,3-10H2,1-2H3,(H,17,20). The zero-order chi connectivity index (χ0) is 15.1. The van der Waals surface area contributed by atoms with E-state index in [0.717, 1.165) is 38.1 Å². The van der Waals surface area contributed by atoms with Gasteiger partial charge in [0.05, 0.1) is 4.87 Å². The van der Waals surface area contributed by atoms with Crippen molar-refractivity contribution in [1.29, 1.82) is 0 Å². The molecule has 0 aromatic heterocycles. The van der Waals surface area contributed by atoms with Gasteiger partial charge in [0.25, 0.3) is 0 Å². The van der Waals surface area contributed by atoms with Crippen LogP contribution in [0.25, 0.3) is 0 Å². The lowest BCUT2D eigenvalue weighted by Gasteiger charge is -2.35. The minimum atomic E-state index is -0.277. The summed E-state index contributed by atoms with van der Waals surface area (Å²) in [7, 11) is 0. The van der Waals surface area contributed by atoms with E-state index in [0.29, 0.717) is 13.0 Å². The quantitative estimate of drug-likeness (QED) is 0.814. The molecule has 3 rings (SSSR count). The molecule has 2 unspecified atom stereocenters. The molecule has 0 spiro atoms. The first-order valence-electron chi connectivity index (χ1n) is 7.88. The Bertz CT molecular complexity index is 450. The molecule has 0 aromatic carbocycles. The van der Waals surface area contributed by atoms with Crippen LogP contribution in [0.5, 0.6) is 0 Å². The molecule has 3 aliphatic heterocycles. The minimum Gasteiger partial charge on any atom is -0.354 e. The molecule has 3 aliphatic rings. The zero-order valence-electron chi connectivity index (χ0n) is 12.9. The van der Waals surface area contributed by atoms with E-state index >= 15 is 0 Å². The van der Waals surface area contributed by atoms with Crippen LogP contribution in [0.2, 0.25) is 0 Å². The van der Waals surface area contributed by atoms with Gasteiger partial charge in [0.15, 0.2) is 0 Å². The molecule has 2 N–H and O–H groups in total. The Morgan fingerprint density at radius 3 is 2.81 bits per heavy atom. The van der Waals surface area contributed by atoms with Gasteiger partial charge in [-0.05, 0) is 44.7 Å². The third-order valence-electron chi connectivity index (χ3n) is 5.25. The second-order valence-corrected chi connectivity index (χ2v) is 8.55. The van der Waals surface area contributed by atoms with E-state index in [-0.39, 0.29) is 28.1 Å². The van der Waals surface area contributed by atoms with Crippen molar-refractivity contribution in [2.24, 2.45) is 5.41 Å². The van der Waals surface area contributed by atoms with Crippen LogP contribution in [0.1, 0.15) is 39.5 Å². The van der Waals surface area contributed by atoms with Crippen molar-refractivity contribution in [3.05, 3.63) is 0 Å². The van der Waals surface area contributed by atoms with Crippen LogP contribution < -0.4 is 10.6 Å². The molecular formula is C15H25N3O2S. The lowest BCUT2D eigenvalue weighted by atomic mass is 9.81. The number of fused-ring (bicyclic) bond motifs is 1. The van der Waals surface area contributed by atoms with Crippen molar-refractivity contribution in [3.8, 4) is 0 Å². The highest BCUT2D eigenvalue weighted by atomic mass is 32.2. The second kappa shape index (κ2) is 5.47. The Labute approximate surface area is 130 Å². The maximum atomic E-state index is 12.5. The van der Waals surface area contributed by atoms with Crippen LogP contribution in [0.3, 0.4) is 0 Å². The van der Waals surface area contributed by atoms with Gasteiger partial charge in [-0.25, -0.2) is 0 Å². The molecule has 5 nitrogen and oxygen atoms in total. The van der Waals surface area contributed by atoms with Crippen LogP contribution in [0.15, 0.2) is 0 Å². The van der Waals surface area contributed by atoms with Crippen LogP contribution in [-0.4, -0.2) is 53.0 Å². The van der Waals surface area contributed by atoms with E-state index in [1.54, 1.807) is 11.8 Å². The molecule has 3 heterocycles. The highest BCUT2D eigenvalue weighted by Crippen LogP contribution is 2.47. The third kappa shape index (κ3) is 2.80. The maximum absolute atomic E-state index is 12.5. The largest absolute Gasteiger partial charge is 0.354 e. The van der Waals surface area contributed by atoms with Crippen molar-refractivity contribution in [2.45, 2.75) is 50.4 Å². The Morgan fingerprint density at radius 1 is 1.38 bits per heavy atom. The Balaban J connectivity index is 1.60. The normalized spacial score (nSPS) is 34.9. The summed E-state index contributed by atoms with van der Waals surface area (Å²) >= 11 is 1.75. The summed E-state index contributed by atoms with van der Waals surface area (Å²) in [5, 5.41) is 6.47. The number of nitrogens with one attached hydrogen (secondary N) is 2. The molecule has 118 valence electrons. The Hall–Kier alpha value is -0.750. The zero-order valence-corrected chi connectivity index (χ0v) is 13.7. The number of carbonyl (C=O) groups excluding carboxylic acids is 2. The molecule has 2 atom stereocenters. The number of piperidine rings is 1. The van der Waals surface area contributed by atoms with E-state index in [1.807, 2.05) is 4.90 Å². The molecule has 0 radical (unpaired) electrons. The summed E-state index contributed by atoms with van der Waals surface area (Å²) in [5.41, 5.74) is 0.185. The van der Waals surface area contributed by atoms with E-state index < -0.39 is 0 Å². The summed E-state index contributed by atoms with van der Waals surface area (Å²) in [6.45, 7) is 7.09. The molecule has 6 heteroatoms. The molecule has 0 aliphatic carbocycles. The number of nitrogens with zero attached hydrogens (tertiary/aromatic N) is 1. The SMILES string of the molecule is CC1(CNC(=O)C2CSC3(C)CCC(=O)N23)CCNCC1. The molecule has 3 fully saturated rings. The predicted molar refractivity (Wildman–Crippen MR) is 84.0 cm³/mol. The van der Waals surface area contributed by atoms with E-state index in [4.69, 9.17) is 0 Å². The monoisotopic (exact) mass is 311 g/mol. The van der Waals surface area contributed by atoms with Gasteiger partial charge in [0, 0.05) is 18.7 Å². The van der Waals surface area contributed by atoms with Crippen LogP contribution in [0.4, 0.5) is 0 Å². The van der Waals surface area contributed by atoms with Crippen LogP contribution in [-0.2, 0) is 9.59 Å². The molecule has 0 saturated carbocycles. The number of thioether (sulfide) groups is 1. The maximum Gasteiger partial charge on any atom is 0.243 e. The summed E-state index contributed by atoms with van der Waals surface area (Å²) < 4.78 is 0. The second-order valence-electron chi connectivity index (χ2n) is 7.04.